The number of furan rings is 1. The van der Waals surface area contributed by atoms with Gasteiger partial charge in [0.05, 0.1) is 11.2 Å². The van der Waals surface area contributed by atoms with Crippen molar-refractivity contribution >= 4 is 27.6 Å². The zero-order chi connectivity index (χ0) is 16.0. The highest BCUT2D eigenvalue weighted by Gasteiger charge is 2.12. The van der Waals surface area contributed by atoms with Crippen molar-refractivity contribution in [3.8, 4) is 11.1 Å². The first-order valence-electron chi connectivity index (χ1n) is 6.82. The van der Waals surface area contributed by atoms with Gasteiger partial charge in [0.2, 0.25) is 0 Å². The van der Waals surface area contributed by atoms with E-state index in [0.717, 1.165) is 21.9 Å². The molecule has 2 heterocycles. The van der Waals surface area contributed by atoms with E-state index in [0.29, 0.717) is 11.2 Å². The third-order valence-corrected chi connectivity index (χ3v) is 3.70. The van der Waals surface area contributed by atoms with Crippen molar-refractivity contribution in [2.24, 2.45) is 0 Å². The van der Waals surface area contributed by atoms with Crippen LogP contribution in [0.25, 0.3) is 33.1 Å². The SMILES string of the molecule is O=c1ccc2cc3c(-c4ccc([N+](=O)[O-])cc4)coc3cc2o1. The lowest BCUT2D eigenvalue weighted by Gasteiger charge is -2.00. The highest BCUT2D eigenvalue weighted by molar-refractivity contribution is 6.01. The molecule has 0 aliphatic carbocycles. The molecule has 0 atom stereocenters. The van der Waals surface area contributed by atoms with E-state index in [1.807, 2.05) is 6.07 Å². The molecule has 0 amide bonds. The zero-order valence-corrected chi connectivity index (χ0v) is 11.7. The molecule has 0 fully saturated rings. The molecule has 4 aromatic rings. The summed E-state index contributed by atoms with van der Waals surface area (Å²) in [5, 5.41) is 12.4. The molecule has 0 radical (unpaired) electrons. The van der Waals surface area contributed by atoms with E-state index in [9.17, 15) is 14.9 Å². The lowest BCUT2D eigenvalue weighted by atomic mass is 10.0. The number of nitro groups is 1. The Labute approximate surface area is 128 Å². The smallest absolute Gasteiger partial charge is 0.336 e. The Hall–Kier alpha value is -3.41. The van der Waals surface area contributed by atoms with E-state index in [4.69, 9.17) is 8.83 Å². The number of hydrogen-bond donors (Lipinski definition) is 0. The normalized spacial score (nSPS) is 11.1. The summed E-state index contributed by atoms with van der Waals surface area (Å²) in [6.45, 7) is 0. The van der Waals surface area contributed by atoms with E-state index >= 15 is 0 Å². The monoisotopic (exact) mass is 307 g/mol. The summed E-state index contributed by atoms with van der Waals surface area (Å²) in [6, 6.07) is 12.8. The minimum atomic E-state index is -0.438. The fourth-order valence-corrected chi connectivity index (χ4v) is 2.58. The highest BCUT2D eigenvalue weighted by atomic mass is 16.6. The van der Waals surface area contributed by atoms with Crippen LogP contribution in [0.15, 0.2) is 68.4 Å². The molecular weight excluding hydrogens is 298 g/mol. The average Bonchev–Trinajstić information content (AvgIpc) is 2.95. The summed E-state index contributed by atoms with van der Waals surface area (Å²) < 4.78 is 10.7. The van der Waals surface area contributed by atoms with Crippen molar-refractivity contribution in [1.29, 1.82) is 0 Å². The van der Waals surface area contributed by atoms with Crippen LogP contribution in [0.1, 0.15) is 0 Å². The van der Waals surface area contributed by atoms with E-state index < -0.39 is 10.5 Å². The maximum Gasteiger partial charge on any atom is 0.336 e. The van der Waals surface area contributed by atoms with Gasteiger partial charge in [-0.1, -0.05) is 0 Å². The van der Waals surface area contributed by atoms with Crippen LogP contribution in [0, 0.1) is 10.1 Å². The van der Waals surface area contributed by atoms with Gasteiger partial charge in [0, 0.05) is 40.6 Å². The van der Waals surface area contributed by atoms with Gasteiger partial charge in [0.25, 0.3) is 5.69 Å². The van der Waals surface area contributed by atoms with Crippen LogP contribution in [0.4, 0.5) is 5.69 Å². The first kappa shape index (κ1) is 13.3. The largest absolute Gasteiger partial charge is 0.464 e. The first-order chi connectivity index (χ1) is 11.1. The molecule has 0 aliphatic rings. The van der Waals surface area contributed by atoms with Gasteiger partial charge in [-0.15, -0.1) is 0 Å². The van der Waals surface area contributed by atoms with Gasteiger partial charge >= 0.3 is 5.63 Å². The summed E-state index contributed by atoms with van der Waals surface area (Å²) in [5.74, 6) is 0. The topological polar surface area (TPSA) is 86.5 Å². The number of nitrogens with zero attached hydrogens (tertiary/aromatic N) is 1. The van der Waals surface area contributed by atoms with Gasteiger partial charge < -0.3 is 8.83 Å². The number of rotatable bonds is 2. The van der Waals surface area contributed by atoms with E-state index in [-0.39, 0.29) is 5.69 Å². The molecule has 2 aromatic carbocycles. The van der Waals surface area contributed by atoms with E-state index in [2.05, 4.69) is 0 Å². The molecule has 4 rings (SSSR count). The zero-order valence-electron chi connectivity index (χ0n) is 11.7. The first-order valence-corrected chi connectivity index (χ1v) is 6.82. The van der Waals surface area contributed by atoms with Crippen molar-refractivity contribution in [1.82, 2.24) is 0 Å². The molecule has 0 bridgehead atoms. The summed E-state index contributed by atoms with van der Waals surface area (Å²) in [4.78, 5) is 21.6. The van der Waals surface area contributed by atoms with Gasteiger partial charge in [0.1, 0.15) is 11.2 Å². The Kier molecular flexibility index (Phi) is 2.77. The number of nitro benzene ring substituents is 1. The molecule has 0 spiro atoms. The number of fused-ring (bicyclic) bond motifs is 2. The predicted octanol–water partition coefficient (Wildman–Crippen LogP) is 4.11. The Balaban J connectivity index is 1.91. The third-order valence-electron chi connectivity index (χ3n) is 3.70. The van der Waals surface area contributed by atoms with Crippen LogP contribution in [0.3, 0.4) is 0 Å². The second-order valence-electron chi connectivity index (χ2n) is 5.09. The van der Waals surface area contributed by atoms with Crippen molar-refractivity contribution in [3.05, 3.63) is 75.3 Å². The van der Waals surface area contributed by atoms with Gasteiger partial charge in [-0.25, -0.2) is 4.79 Å². The average molecular weight is 307 g/mol. The lowest BCUT2D eigenvalue weighted by Crippen LogP contribution is -1.93. The molecule has 112 valence electrons. The van der Waals surface area contributed by atoms with Crippen molar-refractivity contribution in [2.45, 2.75) is 0 Å². The fourth-order valence-electron chi connectivity index (χ4n) is 2.58. The van der Waals surface area contributed by atoms with Gasteiger partial charge in [-0.05, 0) is 29.8 Å². The summed E-state index contributed by atoms with van der Waals surface area (Å²) >= 11 is 0. The molecule has 0 saturated carbocycles. The molecule has 0 saturated heterocycles. The number of benzene rings is 2. The predicted molar refractivity (Wildman–Crippen MR) is 84.3 cm³/mol. The van der Waals surface area contributed by atoms with Crippen LogP contribution < -0.4 is 5.63 Å². The third kappa shape index (κ3) is 2.17. The van der Waals surface area contributed by atoms with Crippen LogP contribution in [0.5, 0.6) is 0 Å². The molecule has 0 N–H and O–H groups in total. The lowest BCUT2D eigenvalue weighted by molar-refractivity contribution is -0.384. The molecule has 2 aromatic heterocycles. The highest BCUT2D eigenvalue weighted by Crippen LogP contribution is 2.33. The van der Waals surface area contributed by atoms with Crippen molar-refractivity contribution in [2.75, 3.05) is 0 Å². The van der Waals surface area contributed by atoms with Crippen molar-refractivity contribution in [3.63, 3.8) is 0 Å². The Morgan fingerprint density at radius 1 is 0.957 bits per heavy atom. The second-order valence-corrected chi connectivity index (χ2v) is 5.09. The molecule has 0 aliphatic heterocycles. The molecule has 6 heteroatoms. The molecular formula is C17H9NO5. The Morgan fingerprint density at radius 2 is 1.74 bits per heavy atom. The Morgan fingerprint density at radius 3 is 2.48 bits per heavy atom. The van der Waals surface area contributed by atoms with Gasteiger partial charge in [-0.3, -0.25) is 10.1 Å². The molecule has 0 unspecified atom stereocenters. The molecule has 6 nitrogen and oxygen atoms in total. The van der Waals surface area contributed by atoms with Crippen LogP contribution >= 0.6 is 0 Å². The van der Waals surface area contributed by atoms with Crippen LogP contribution in [0.2, 0.25) is 0 Å². The standard InChI is InChI=1S/C17H9NO5/c19-17-6-3-11-7-13-14(9-22-16(13)8-15(11)23-17)10-1-4-12(5-2-10)18(20)21/h1-9H. The number of non-ortho nitro benzene ring substituents is 1. The van der Waals surface area contributed by atoms with Crippen LogP contribution in [-0.4, -0.2) is 4.92 Å². The summed E-state index contributed by atoms with van der Waals surface area (Å²) in [5.41, 5.74) is 2.29. The maximum absolute atomic E-state index is 11.3. The summed E-state index contributed by atoms with van der Waals surface area (Å²) in [6.07, 6.45) is 1.59. The van der Waals surface area contributed by atoms with E-state index in [1.165, 1.54) is 18.2 Å². The second kappa shape index (κ2) is 4.81. The quantitative estimate of drug-likeness (QED) is 0.316. The van der Waals surface area contributed by atoms with Gasteiger partial charge in [0.15, 0.2) is 0 Å². The van der Waals surface area contributed by atoms with Gasteiger partial charge in [-0.2, -0.15) is 0 Å². The van der Waals surface area contributed by atoms with Crippen LogP contribution in [-0.2, 0) is 0 Å². The fraction of sp³-hybridized carbons (Fsp3) is 0. The van der Waals surface area contributed by atoms with Crippen molar-refractivity contribution < 1.29 is 13.8 Å². The maximum atomic E-state index is 11.3. The minimum Gasteiger partial charge on any atom is -0.464 e. The van der Waals surface area contributed by atoms with E-state index in [1.54, 1.807) is 30.5 Å². The molecule has 23 heavy (non-hydrogen) atoms. The summed E-state index contributed by atoms with van der Waals surface area (Å²) in [7, 11) is 0. The number of hydrogen-bond acceptors (Lipinski definition) is 5. The minimum absolute atomic E-state index is 0.0359. The Bertz CT molecular complexity index is 1110.